The third-order valence-corrected chi connectivity index (χ3v) is 3.55. The normalized spacial score (nSPS) is 36.7. The summed E-state index contributed by atoms with van der Waals surface area (Å²) >= 11 is 3.71. The van der Waals surface area contributed by atoms with E-state index >= 15 is 0 Å². The summed E-state index contributed by atoms with van der Waals surface area (Å²) < 4.78 is 0. The summed E-state index contributed by atoms with van der Waals surface area (Å²) in [6, 6.07) is 0. The first-order valence-corrected chi connectivity index (χ1v) is 4.90. The first kappa shape index (κ1) is 7.59. The molecule has 0 nitrogen and oxygen atoms in total. The molecule has 0 heterocycles. The van der Waals surface area contributed by atoms with Crippen molar-refractivity contribution in [3.63, 3.8) is 0 Å². The van der Waals surface area contributed by atoms with Crippen molar-refractivity contribution in [1.82, 2.24) is 0 Å². The van der Waals surface area contributed by atoms with Gasteiger partial charge in [0, 0.05) is 4.83 Å². The monoisotopic (exact) mass is 190 g/mol. The highest BCUT2D eigenvalue weighted by Gasteiger charge is 2.20. The Kier molecular flexibility index (Phi) is 3.03. The van der Waals surface area contributed by atoms with Gasteiger partial charge in [0.25, 0.3) is 0 Å². The van der Waals surface area contributed by atoms with Gasteiger partial charge in [0.2, 0.25) is 0 Å². The lowest BCUT2D eigenvalue weighted by Gasteiger charge is -2.25. The maximum Gasteiger partial charge on any atom is 0.0174 e. The second kappa shape index (κ2) is 3.60. The molecule has 0 aliphatic heterocycles. The van der Waals surface area contributed by atoms with Crippen LogP contribution < -0.4 is 0 Å². The van der Waals surface area contributed by atoms with E-state index in [1.165, 1.54) is 32.1 Å². The molecule has 1 aliphatic rings. The Balaban J connectivity index is 2.30. The molecule has 0 N–H and O–H groups in total. The Bertz CT molecular complexity index is 80.6. The van der Waals surface area contributed by atoms with E-state index in [9.17, 15) is 0 Å². The number of hydrogen-bond acceptors (Lipinski definition) is 0. The van der Waals surface area contributed by atoms with Crippen LogP contribution in [0.2, 0.25) is 0 Å². The van der Waals surface area contributed by atoms with Gasteiger partial charge in [-0.1, -0.05) is 42.1 Å². The van der Waals surface area contributed by atoms with E-state index in [0.717, 1.165) is 10.7 Å². The third kappa shape index (κ3) is 1.96. The van der Waals surface area contributed by atoms with Gasteiger partial charge in [0.1, 0.15) is 0 Å². The Labute approximate surface area is 66.2 Å². The molecule has 1 heteroatoms. The van der Waals surface area contributed by atoms with Gasteiger partial charge in [-0.2, -0.15) is 0 Å². The van der Waals surface area contributed by atoms with E-state index in [1.54, 1.807) is 0 Å². The van der Waals surface area contributed by atoms with E-state index in [0.29, 0.717) is 0 Å². The van der Waals surface area contributed by atoms with E-state index in [4.69, 9.17) is 0 Å². The van der Waals surface area contributed by atoms with E-state index in [1.807, 2.05) is 0 Å². The summed E-state index contributed by atoms with van der Waals surface area (Å²) in [5.74, 6) is 0.971. The Hall–Kier alpha value is 0.480. The quantitative estimate of drug-likeness (QED) is 0.557. The number of alkyl halides is 1. The van der Waals surface area contributed by atoms with Crippen molar-refractivity contribution in [1.29, 1.82) is 0 Å². The average Bonchev–Trinajstić information content (AvgIpc) is 1.89. The molecule has 0 aromatic carbocycles. The molecular formula is C8H15Br. The van der Waals surface area contributed by atoms with Gasteiger partial charge in [-0.05, 0) is 18.8 Å². The van der Waals surface area contributed by atoms with Crippen molar-refractivity contribution < 1.29 is 0 Å². The number of halogens is 1. The van der Waals surface area contributed by atoms with Crippen molar-refractivity contribution in [2.75, 3.05) is 0 Å². The molecule has 1 saturated carbocycles. The standard InChI is InChI=1S/C8H15Br/c1-2-7-5-3-4-6-8(7)9/h7-8H,2-6H2,1H3/t7-,8-/m1/s1. The van der Waals surface area contributed by atoms with Gasteiger partial charge in [-0.3, -0.25) is 0 Å². The van der Waals surface area contributed by atoms with Crippen LogP contribution in [-0.2, 0) is 0 Å². The molecule has 0 spiro atoms. The lowest BCUT2D eigenvalue weighted by Crippen LogP contribution is -2.17. The van der Waals surface area contributed by atoms with Gasteiger partial charge >= 0.3 is 0 Å². The molecule has 0 amide bonds. The third-order valence-electron chi connectivity index (χ3n) is 2.34. The Morgan fingerprint density at radius 1 is 1.33 bits per heavy atom. The van der Waals surface area contributed by atoms with Gasteiger partial charge in [0.15, 0.2) is 0 Å². The maximum atomic E-state index is 3.71. The molecule has 1 aliphatic carbocycles. The minimum atomic E-state index is 0.830. The zero-order chi connectivity index (χ0) is 6.69. The molecule has 0 radical (unpaired) electrons. The average molecular weight is 191 g/mol. The molecule has 2 atom stereocenters. The fourth-order valence-corrected chi connectivity index (χ4v) is 2.58. The summed E-state index contributed by atoms with van der Waals surface area (Å²) in [6.07, 6.45) is 7.11. The van der Waals surface area contributed by atoms with Crippen LogP contribution >= 0.6 is 15.9 Å². The van der Waals surface area contributed by atoms with Crippen LogP contribution in [0.1, 0.15) is 39.0 Å². The molecule has 0 bridgehead atoms. The van der Waals surface area contributed by atoms with E-state index in [2.05, 4.69) is 22.9 Å². The van der Waals surface area contributed by atoms with E-state index in [-0.39, 0.29) is 0 Å². The van der Waals surface area contributed by atoms with Gasteiger partial charge in [-0.25, -0.2) is 0 Å². The van der Waals surface area contributed by atoms with Crippen molar-refractivity contribution in [2.24, 2.45) is 5.92 Å². The molecule has 0 saturated heterocycles. The van der Waals surface area contributed by atoms with Crippen LogP contribution in [-0.4, -0.2) is 4.83 Å². The predicted octanol–water partition coefficient (Wildman–Crippen LogP) is 3.35. The summed E-state index contributed by atoms with van der Waals surface area (Å²) in [4.78, 5) is 0.830. The predicted molar refractivity (Wildman–Crippen MR) is 45.0 cm³/mol. The van der Waals surface area contributed by atoms with Crippen LogP contribution in [0.15, 0.2) is 0 Å². The fourth-order valence-electron chi connectivity index (χ4n) is 1.62. The van der Waals surface area contributed by atoms with Gasteiger partial charge in [-0.15, -0.1) is 0 Å². The van der Waals surface area contributed by atoms with Gasteiger partial charge < -0.3 is 0 Å². The molecular weight excluding hydrogens is 176 g/mol. The van der Waals surface area contributed by atoms with Crippen LogP contribution in [0.5, 0.6) is 0 Å². The first-order valence-electron chi connectivity index (χ1n) is 3.98. The molecule has 1 rings (SSSR count). The topological polar surface area (TPSA) is 0 Å². The Morgan fingerprint density at radius 3 is 2.44 bits per heavy atom. The highest BCUT2D eigenvalue weighted by Crippen LogP contribution is 2.31. The summed E-state index contributed by atoms with van der Waals surface area (Å²) in [5.41, 5.74) is 0. The van der Waals surface area contributed by atoms with Crippen LogP contribution in [0.25, 0.3) is 0 Å². The SMILES string of the molecule is CC[C@@H]1CCCC[C@H]1Br. The number of rotatable bonds is 1. The molecule has 0 aromatic rings. The lowest BCUT2D eigenvalue weighted by atomic mass is 9.87. The largest absolute Gasteiger partial charge is 0.0888 e. The van der Waals surface area contributed by atoms with Crippen molar-refractivity contribution >= 4 is 15.9 Å². The zero-order valence-electron chi connectivity index (χ0n) is 6.07. The van der Waals surface area contributed by atoms with Crippen molar-refractivity contribution in [3.05, 3.63) is 0 Å². The minimum absolute atomic E-state index is 0.830. The van der Waals surface area contributed by atoms with Crippen LogP contribution in [0.4, 0.5) is 0 Å². The zero-order valence-corrected chi connectivity index (χ0v) is 7.65. The minimum Gasteiger partial charge on any atom is -0.0888 e. The van der Waals surface area contributed by atoms with Crippen LogP contribution in [0.3, 0.4) is 0 Å². The van der Waals surface area contributed by atoms with Crippen molar-refractivity contribution in [2.45, 2.75) is 43.9 Å². The van der Waals surface area contributed by atoms with Crippen LogP contribution in [0, 0.1) is 5.92 Å². The van der Waals surface area contributed by atoms with E-state index < -0.39 is 0 Å². The molecule has 9 heavy (non-hydrogen) atoms. The molecule has 1 fully saturated rings. The number of hydrogen-bond donors (Lipinski definition) is 0. The first-order chi connectivity index (χ1) is 4.34. The maximum absolute atomic E-state index is 3.71. The molecule has 0 aromatic heterocycles. The summed E-state index contributed by atoms with van der Waals surface area (Å²) in [6.45, 7) is 2.30. The Morgan fingerprint density at radius 2 is 2.00 bits per heavy atom. The molecule has 0 unspecified atom stereocenters. The highest BCUT2D eigenvalue weighted by atomic mass is 79.9. The second-order valence-corrected chi connectivity index (χ2v) is 4.14. The van der Waals surface area contributed by atoms with Gasteiger partial charge in [0.05, 0.1) is 0 Å². The smallest absolute Gasteiger partial charge is 0.0174 e. The second-order valence-electron chi connectivity index (χ2n) is 2.97. The molecule has 54 valence electrons. The summed E-state index contributed by atoms with van der Waals surface area (Å²) in [7, 11) is 0. The fraction of sp³-hybridized carbons (Fsp3) is 1.00. The lowest BCUT2D eigenvalue weighted by molar-refractivity contribution is 0.366. The van der Waals surface area contributed by atoms with Crippen molar-refractivity contribution in [3.8, 4) is 0 Å². The summed E-state index contributed by atoms with van der Waals surface area (Å²) in [5, 5.41) is 0. The highest BCUT2D eigenvalue weighted by molar-refractivity contribution is 9.09.